The van der Waals surface area contributed by atoms with E-state index in [-0.39, 0.29) is 28.5 Å². The number of ether oxygens (including phenoxy) is 2. The van der Waals surface area contributed by atoms with Crippen LogP contribution in [-0.2, 0) is 19.5 Å². The van der Waals surface area contributed by atoms with Crippen molar-refractivity contribution in [2.75, 3.05) is 13.2 Å². The minimum Gasteiger partial charge on any atom is -0.462 e. The first kappa shape index (κ1) is 22.6. The first-order chi connectivity index (χ1) is 13.5. The minimum atomic E-state index is -4.14. The molecular weight excluding hydrogens is 424 g/mol. The summed E-state index contributed by atoms with van der Waals surface area (Å²) in [6, 6.07) is 3.39. The lowest BCUT2D eigenvalue weighted by Gasteiger charge is -2.07. The number of aryl methyl sites for hydroxylation is 1. The summed E-state index contributed by atoms with van der Waals surface area (Å²) in [7, 11) is -4.14. The van der Waals surface area contributed by atoms with Crippen LogP contribution in [0, 0.1) is 13.8 Å². The highest BCUT2D eigenvalue weighted by atomic mass is 35.5. The Bertz CT molecular complexity index is 1090. The van der Waals surface area contributed by atoms with Crippen molar-refractivity contribution < 1.29 is 32.3 Å². The summed E-state index contributed by atoms with van der Waals surface area (Å²) in [4.78, 5) is 39.0. The molecule has 0 amide bonds. The maximum atomic E-state index is 12.4. The number of halogens is 1. The normalized spacial score (nSPS) is 11.2. The van der Waals surface area contributed by atoms with Gasteiger partial charge in [0.05, 0.1) is 28.5 Å². The summed E-state index contributed by atoms with van der Waals surface area (Å²) in [5, 5.41) is 4.89. The third kappa shape index (κ3) is 5.03. The Morgan fingerprint density at radius 1 is 1.14 bits per heavy atom. The fourth-order valence-corrected chi connectivity index (χ4v) is 3.74. The summed E-state index contributed by atoms with van der Waals surface area (Å²) in [6.07, 6.45) is 0. The Balaban J connectivity index is 2.17. The second-order valence-corrected chi connectivity index (χ2v) is 7.97. The summed E-state index contributed by atoms with van der Waals surface area (Å²) < 4.78 is 32.9. The molecule has 1 heterocycles. The lowest BCUT2D eigenvalue weighted by atomic mass is 10.1. The van der Waals surface area contributed by atoms with E-state index < -0.39 is 39.2 Å². The molecule has 9 nitrogen and oxygen atoms in total. The Morgan fingerprint density at radius 3 is 2.38 bits per heavy atom. The summed E-state index contributed by atoms with van der Waals surface area (Å²) in [5.41, 5.74) is 1.05. The Morgan fingerprint density at radius 2 is 1.79 bits per heavy atom. The molecule has 3 N–H and O–H groups in total. The zero-order valence-electron chi connectivity index (χ0n) is 15.9. The number of nitrogens with two attached hydrogens (primary N) is 1. The number of aromatic nitrogens is 1. The van der Waals surface area contributed by atoms with E-state index in [9.17, 15) is 22.8 Å². The average molecular weight is 443 g/mol. The van der Waals surface area contributed by atoms with E-state index in [1.54, 1.807) is 20.8 Å². The standard InChI is InChI=1S/C18H19ClN2O7S/c1-4-27-18(24)15-9(2)16(21-10(15)3)13(22)8-28-17(23)11-5-6-12(19)14(7-11)29(20,25)26/h5-7,21H,4,8H2,1-3H3,(H2,20,25,26). The van der Waals surface area contributed by atoms with Crippen LogP contribution in [-0.4, -0.2) is 44.3 Å². The number of Topliss-reactive ketones (excluding diaryl/α,β-unsaturated/α-hetero) is 1. The van der Waals surface area contributed by atoms with Crippen molar-refractivity contribution >= 4 is 39.3 Å². The number of primary sulfonamides is 1. The molecule has 0 bridgehead atoms. The van der Waals surface area contributed by atoms with Gasteiger partial charge in [0, 0.05) is 5.69 Å². The number of hydrogen-bond acceptors (Lipinski definition) is 7. The number of carbonyl (C=O) groups is 3. The molecule has 11 heteroatoms. The largest absolute Gasteiger partial charge is 0.462 e. The number of benzene rings is 1. The summed E-state index contributed by atoms with van der Waals surface area (Å²) in [5.74, 6) is -2.08. The summed E-state index contributed by atoms with van der Waals surface area (Å²) >= 11 is 5.77. The van der Waals surface area contributed by atoms with Crippen LogP contribution in [0.4, 0.5) is 0 Å². The molecular formula is C18H19ClN2O7S. The van der Waals surface area contributed by atoms with E-state index in [0.29, 0.717) is 11.3 Å². The van der Waals surface area contributed by atoms with Crippen molar-refractivity contribution in [1.29, 1.82) is 0 Å². The lowest BCUT2D eigenvalue weighted by Crippen LogP contribution is -2.17. The van der Waals surface area contributed by atoms with Gasteiger partial charge in [0.15, 0.2) is 6.61 Å². The van der Waals surface area contributed by atoms with E-state index in [4.69, 9.17) is 26.2 Å². The van der Waals surface area contributed by atoms with Gasteiger partial charge in [0.1, 0.15) is 4.90 Å². The maximum absolute atomic E-state index is 12.4. The van der Waals surface area contributed by atoms with Crippen molar-refractivity contribution in [3.8, 4) is 0 Å². The maximum Gasteiger partial charge on any atom is 0.340 e. The topological polar surface area (TPSA) is 146 Å². The van der Waals surface area contributed by atoms with Crippen LogP contribution in [0.1, 0.15) is 49.4 Å². The van der Waals surface area contributed by atoms with Crippen LogP contribution in [0.2, 0.25) is 5.02 Å². The highest BCUT2D eigenvalue weighted by Gasteiger charge is 2.24. The van der Waals surface area contributed by atoms with Gasteiger partial charge >= 0.3 is 11.9 Å². The van der Waals surface area contributed by atoms with E-state index in [0.717, 1.165) is 6.07 Å². The minimum absolute atomic E-state index is 0.111. The molecule has 2 aromatic rings. The number of aromatic amines is 1. The van der Waals surface area contributed by atoms with Crippen molar-refractivity contribution in [2.24, 2.45) is 5.14 Å². The highest BCUT2D eigenvalue weighted by Crippen LogP contribution is 2.22. The molecule has 1 aromatic heterocycles. The Hall–Kier alpha value is -2.69. The Kier molecular flexibility index (Phi) is 6.83. The Labute approximate surface area is 172 Å². The average Bonchev–Trinajstić information content (AvgIpc) is 2.93. The van der Waals surface area contributed by atoms with Crippen LogP contribution >= 0.6 is 11.6 Å². The van der Waals surface area contributed by atoms with E-state index in [1.165, 1.54) is 12.1 Å². The van der Waals surface area contributed by atoms with Gasteiger partial charge in [-0.1, -0.05) is 11.6 Å². The predicted molar refractivity (Wildman–Crippen MR) is 104 cm³/mol. The number of rotatable bonds is 7. The monoisotopic (exact) mass is 442 g/mol. The quantitative estimate of drug-likeness (QED) is 0.493. The second-order valence-electron chi connectivity index (χ2n) is 6.03. The van der Waals surface area contributed by atoms with Gasteiger partial charge < -0.3 is 14.5 Å². The number of carbonyl (C=O) groups excluding carboxylic acids is 3. The molecule has 156 valence electrons. The molecule has 0 saturated carbocycles. The van der Waals surface area contributed by atoms with Gasteiger partial charge in [-0.25, -0.2) is 23.1 Å². The smallest absolute Gasteiger partial charge is 0.340 e. The van der Waals surface area contributed by atoms with Crippen LogP contribution in [0.15, 0.2) is 23.1 Å². The molecule has 29 heavy (non-hydrogen) atoms. The van der Waals surface area contributed by atoms with Gasteiger partial charge in [-0.15, -0.1) is 0 Å². The molecule has 0 atom stereocenters. The van der Waals surface area contributed by atoms with Gasteiger partial charge in [-0.05, 0) is 44.5 Å². The van der Waals surface area contributed by atoms with E-state index in [1.807, 2.05) is 0 Å². The highest BCUT2D eigenvalue weighted by molar-refractivity contribution is 7.89. The molecule has 0 aliphatic rings. The molecule has 1 aromatic carbocycles. The van der Waals surface area contributed by atoms with Crippen LogP contribution in [0.25, 0.3) is 0 Å². The van der Waals surface area contributed by atoms with E-state index in [2.05, 4.69) is 4.98 Å². The first-order valence-corrected chi connectivity index (χ1v) is 10.3. The molecule has 0 aliphatic carbocycles. The van der Waals surface area contributed by atoms with Crippen LogP contribution in [0.5, 0.6) is 0 Å². The number of H-pyrrole nitrogens is 1. The lowest BCUT2D eigenvalue weighted by molar-refractivity contribution is 0.0472. The third-order valence-corrected chi connectivity index (χ3v) is 5.40. The fourth-order valence-electron chi connectivity index (χ4n) is 2.67. The molecule has 0 radical (unpaired) electrons. The van der Waals surface area contributed by atoms with Crippen molar-refractivity contribution in [1.82, 2.24) is 4.98 Å². The number of nitrogens with one attached hydrogen (secondary N) is 1. The molecule has 0 saturated heterocycles. The molecule has 2 rings (SSSR count). The first-order valence-electron chi connectivity index (χ1n) is 8.36. The van der Waals surface area contributed by atoms with Crippen molar-refractivity contribution in [3.05, 3.63) is 51.3 Å². The third-order valence-electron chi connectivity index (χ3n) is 4.00. The van der Waals surface area contributed by atoms with E-state index >= 15 is 0 Å². The van der Waals surface area contributed by atoms with Gasteiger partial charge in [0.2, 0.25) is 15.8 Å². The van der Waals surface area contributed by atoms with Gasteiger partial charge in [0.25, 0.3) is 0 Å². The van der Waals surface area contributed by atoms with Gasteiger partial charge in [-0.3, -0.25) is 4.79 Å². The van der Waals surface area contributed by atoms with Crippen molar-refractivity contribution in [3.63, 3.8) is 0 Å². The van der Waals surface area contributed by atoms with Crippen LogP contribution in [0.3, 0.4) is 0 Å². The molecule has 0 unspecified atom stereocenters. The summed E-state index contributed by atoms with van der Waals surface area (Å²) in [6.45, 7) is 4.41. The second kappa shape index (κ2) is 8.76. The predicted octanol–water partition coefficient (Wildman–Crippen LogP) is 2.15. The number of hydrogen-bond donors (Lipinski definition) is 2. The number of ketones is 1. The fraction of sp³-hybridized carbons (Fsp3) is 0.278. The zero-order valence-corrected chi connectivity index (χ0v) is 17.4. The SMILES string of the molecule is CCOC(=O)c1c(C)[nH]c(C(=O)COC(=O)c2ccc(Cl)c(S(N)(=O)=O)c2)c1C. The number of esters is 2. The van der Waals surface area contributed by atoms with Gasteiger partial charge in [-0.2, -0.15) is 0 Å². The number of sulfonamides is 1. The zero-order chi connectivity index (χ0) is 21.9. The molecule has 0 aliphatic heterocycles. The van der Waals surface area contributed by atoms with Crippen molar-refractivity contribution in [2.45, 2.75) is 25.7 Å². The van der Waals surface area contributed by atoms with Crippen LogP contribution < -0.4 is 5.14 Å². The molecule has 0 fully saturated rings. The molecule has 0 spiro atoms.